The second kappa shape index (κ2) is 8.19. The molecule has 0 atom stereocenters. The van der Waals surface area contributed by atoms with Gasteiger partial charge in [-0.25, -0.2) is 0 Å². The fraction of sp³-hybridized carbons (Fsp3) is 0.211. The summed E-state index contributed by atoms with van der Waals surface area (Å²) in [5.41, 5.74) is 2.62. The molecule has 0 aromatic heterocycles. The molecular formula is C19H19Cl2NO. The van der Waals surface area contributed by atoms with Gasteiger partial charge in [0.2, 0.25) is 0 Å². The van der Waals surface area contributed by atoms with Gasteiger partial charge in [-0.1, -0.05) is 67.4 Å². The zero-order chi connectivity index (χ0) is 16.8. The molecule has 23 heavy (non-hydrogen) atoms. The largest absolute Gasteiger partial charge is 0.348 e. The summed E-state index contributed by atoms with van der Waals surface area (Å²) in [7, 11) is 0. The molecule has 0 aliphatic heterocycles. The maximum absolute atomic E-state index is 12.2. The summed E-state index contributed by atoms with van der Waals surface area (Å²) in [5.74, 6) is 0.389. The molecule has 0 bridgehead atoms. The number of carbonyl (C=O) groups excluding carboxylic acids is 1. The van der Waals surface area contributed by atoms with Crippen LogP contribution in [0.2, 0.25) is 10.0 Å². The van der Waals surface area contributed by atoms with Gasteiger partial charge >= 0.3 is 0 Å². The predicted octanol–water partition coefficient (Wildman–Crippen LogP) is 5.59. The SMILES string of the molecule is CC(C)C=Cc1ccc(C(=O)NCc2ccc(Cl)c(Cl)c2)cc1. The van der Waals surface area contributed by atoms with Crippen molar-refractivity contribution >= 4 is 35.2 Å². The van der Waals surface area contributed by atoms with E-state index in [-0.39, 0.29) is 5.91 Å². The van der Waals surface area contributed by atoms with Crippen LogP contribution < -0.4 is 5.32 Å². The summed E-state index contributed by atoms with van der Waals surface area (Å²) in [5, 5.41) is 3.87. The first-order valence-electron chi connectivity index (χ1n) is 7.46. The van der Waals surface area contributed by atoms with Crippen LogP contribution >= 0.6 is 23.2 Å². The van der Waals surface area contributed by atoms with Gasteiger partial charge in [-0.15, -0.1) is 0 Å². The quantitative estimate of drug-likeness (QED) is 0.749. The highest BCUT2D eigenvalue weighted by atomic mass is 35.5. The van der Waals surface area contributed by atoms with Crippen LogP contribution in [-0.2, 0) is 6.54 Å². The van der Waals surface area contributed by atoms with Gasteiger partial charge in [0.15, 0.2) is 0 Å². The first kappa shape index (κ1) is 17.6. The van der Waals surface area contributed by atoms with Crippen LogP contribution in [0.15, 0.2) is 48.5 Å². The van der Waals surface area contributed by atoms with Crippen molar-refractivity contribution in [3.8, 4) is 0 Å². The smallest absolute Gasteiger partial charge is 0.251 e. The zero-order valence-corrected chi connectivity index (χ0v) is 14.7. The Kier molecular flexibility index (Phi) is 6.26. The lowest BCUT2D eigenvalue weighted by atomic mass is 10.1. The van der Waals surface area contributed by atoms with Crippen LogP contribution in [0.3, 0.4) is 0 Å². The normalized spacial score (nSPS) is 11.2. The van der Waals surface area contributed by atoms with Gasteiger partial charge < -0.3 is 5.32 Å². The van der Waals surface area contributed by atoms with Crippen molar-refractivity contribution in [2.45, 2.75) is 20.4 Å². The molecular weight excluding hydrogens is 329 g/mol. The number of carbonyl (C=O) groups is 1. The summed E-state index contributed by atoms with van der Waals surface area (Å²) in [6.07, 6.45) is 4.18. The van der Waals surface area contributed by atoms with E-state index in [1.165, 1.54) is 0 Å². The lowest BCUT2D eigenvalue weighted by Gasteiger charge is -2.07. The molecule has 0 saturated heterocycles. The molecule has 1 amide bonds. The summed E-state index contributed by atoms with van der Waals surface area (Å²) in [4.78, 5) is 12.2. The third kappa shape index (κ3) is 5.42. The van der Waals surface area contributed by atoms with E-state index in [2.05, 4.69) is 31.3 Å². The van der Waals surface area contributed by atoms with Crippen molar-refractivity contribution in [2.24, 2.45) is 5.92 Å². The minimum Gasteiger partial charge on any atom is -0.348 e. The number of rotatable bonds is 5. The Labute approximate surface area is 147 Å². The molecule has 2 aromatic rings. The number of hydrogen-bond donors (Lipinski definition) is 1. The molecule has 0 heterocycles. The average molecular weight is 348 g/mol. The van der Waals surface area contributed by atoms with E-state index >= 15 is 0 Å². The fourth-order valence-electron chi connectivity index (χ4n) is 1.98. The van der Waals surface area contributed by atoms with Crippen molar-refractivity contribution < 1.29 is 4.79 Å². The highest BCUT2D eigenvalue weighted by Crippen LogP contribution is 2.22. The molecule has 0 aliphatic rings. The van der Waals surface area contributed by atoms with Gasteiger partial charge in [-0.2, -0.15) is 0 Å². The van der Waals surface area contributed by atoms with Crippen LogP contribution in [0.4, 0.5) is 0 Å². The molecule has 4 heteroatoms. The number of hydrogen-bond acceptors (Lipinski definition) is 1. The molecule has 0 radical (unpaired) electrons. The van der Waals surface area contributed by atoms with E-state index in [4.69, 9.17) is 23.2 Å². The third-order valence-electron chi connectivity index (χ3n) is 3.28. The van der Waals surface area contributed by atoms with Crippen LogP contribution in [0.1, 0.15) is 35.3 Å². The van der Waals surface area contributed by atoms with E-state index in [9.17, 15) is 4.79 Å². The Morgan fingerprint density at radius 2 is 1.78 bits per heavy atom. The second-order valence-electron chi connectivity index (χ2n) is 5.66. The van der Waals surface area contributed by atoms with Gasteiger partial charge in [0.25, 0.3) is 5.91 Å². The van der Waals surface area contributed by atoms with Crippen molar-refractivity contribution in [1.29, 1.82) is 0 Å². The third-order valence-corrected chi connectivity index (χ3v) is 4.02. The fourth-order valence-corrected chi connectivity index (χ4v) is 2.30. The highest BCUT2D eigenvalue weighted by molar-refractivity contribution is 6.42. The van der Waals surface area contributed by atoms with Crippen molar-refractivity contribution in [3.05, 3.63) is 75.3 Å². The number of nitrogens with one attached hydrogen (secondary N) is 1. The van der Waals surface area contributed by atoms with Gasteiger partial charge in [0.05, 0.1) is 10.0 Å². The maximum atomic E-state index is 12.2. The molecule has 2 nitrogen and oxygen atoms in total. The standard InChI is InChI=1S/C19H19Cl2NO/c1-13(2)3-4-14-5-8-16(9-6-14)19(23)22-12-15-7-10-17(20)18(21)11-15/h3-11,13H,12H2,1-2H3,(H,22,23). The highest BCUT2D eigenvalue weighted by Gasteiger charge is 2.06. The number of amides is 1. The van der Waals surface area contributed by atoms with Crippen LogP contribution in [-0.4, -0.2) is 5.91 Å². The minimum absolute atomic E-state index is 0.115. The van der Waals surface area contributed by atoms with Gasteiger partial charge in [-0.05, 0) is 41.3 Å². The van der Waals surface area contributed by atoms with Crippen LogP contribution in [0.25, 0.3) is 6.08 Å². The molecule has 0 fully saturated rings. The number of benzene rings is 2. The van der Waals surface area contributed by atoms with E-state index in [1.54, 1.807) is 12.1 Å². The Morgan fingerprint density at radius 3 is 2.39 bits per heavy atom. The lowest BCUT2D eigenvalue weighted by Crippen LogP contribution is -2.22. The van der Waals surface area contributed by atoms with Crippen molar-refractivity contribution in [2.75, 3.05) is 0 Å². The Morgan fingerprint density at radius 1 is 1.09 bits per heavy atom. The monoisotopic (exact) mass is 347 g/mol. The summed E-state index contributed by atoms with van der Waals surface area (Å²) >= 11 is 11.8. The number of allylic oxidation sites excluding steroid dienone is 1. The maximum Gasteiger partial charge on any atom is 0.251 e. The first-order chi connectivity index (χ1) is 11.0. The van der Waals surface area contributed by atoms with E-state index in [0.29, 0.717) is 28.1 Å². The van der Waals surface area contributed by atoms with Gasteiger partial charge in [-0.3, -0.25) is 4.79 Å². The molecule has 0 unspecified atom stereocenters. The Bertz CT molecular complexity index is 706. The summed E-state index contributed by atoms with van der Waals surface area (Å²) in [6.45, 7) is 4.66. The zero-order valence-electron chi connectivity index (χ0n) is 13.1. The van der Waals surface area contributed by atoms with Crippen molar-refractivity contribution in [3.63, 3.8) is 0 Å². The second-order valence-corrected chi connectivity index (χ2v) is 6.47. The molecule has 2 rings (SSSR count). The van der Waals surface area contributed by atoms with Gasteiger partial charge in [0.1, 0.15) is 0 Å². The van der Waals surface area contributed by atoms with Gasteiger partial charge in [0, 0.05) is 12.1 Å². The molecule has 2 aromatic carbocycles. The Balaban J connectivity index is 1.96. The van der Waals surface area contributed by atoms with Crippen molar-refractivity contribution in [1.82, 2.24) is 5.32 Å². The lowest BCUT2D eigenvalue weighted by molar-refractivity contribution is 0.0951. The first-order valence-corrected chi connectivity index (χ1v) is 8.21. The summed E-state index contributed by atoms with van der Waals surface area (Å²) < 4.78 is 0. The molecule has 1 N–H and O–H groups in total. The molecule has 0 saturated carbocycles. The average Bonchev–Trinajstić information content (AvgIpc) is 2.54. The van der Waals surface area contributed by atoms with Crippen LogP contribution in [0, 0.1) is 5.92 Å². The predicted molar refractivity (Wildman–Crippen MR) is 97.9 cm³/mol. The molecule has 0 aliphatic carbocycles. The van der Waals surface area contributed by atoms with Crippen LogP contribution in [0.5, 0.6) is 0 Å². The van der Waals surface area contributed by atoms with E-state index in [1.807, 2.05) is 30.3 Å². The summed E-state index contributed by atoms with van der Waals surface area (Å²) in [6, 6.07) is 12.8. The minimum atomic E-state index is -0.115. The topological polar surface area (TPSA) is 29.1 Å². The molecule has 0 spiro atoms. The van der Waals surface area contributed by atoms with E-state index in [0.717, 1.165) is 11.1 Å². The number of halogens is 2. The van der Waals surface area contributed by atoms with E-state index < -0.39 is 0 Å². The molecule has 120 valence electrons. The Hall–Kier alpha value is -1.77.